The van der Waals surface area contributed by atoms with E-state index in [1.165, 1.54) is 12.1 Å². The molecule has 0 fully saturated rings. The minimum atomic E-state index is -0.347. The number of hydrogen-bond donors (Lipinski definition) is 2. The van der Waals surface area contributed by atoms with E-state index in [0.717, 1.165) is 29.7 Å². The molecule has 2 amide bonds. The lowest BCUT2D eigenvalue weighted by atomic mass is 9.79. The molecule has 4 rings (SSSR count). The summed E-state index contributed by atoms with van der Waals surface area (Å²) in [5.74, 6) is -0.0766. The lowest BCUT2D eigenvalue weighted by Crippen LogP contribution is -2.46. The number of rotatable bonds is 9. The number of ether oxygens (including phenoxy) is 1. The van der Waals surface area contributed by atoms with E-state index in [4.69, 9.17) is 4.74 Å². The standard InChI is InChI=1S/C27H31FN2O4/c1-2-3-8-25(32)30(17-18-9-11-19(28)12-10-18)20-15-22(27(33)29-13-14-31)26-21-6-4-5-7-23(21)34-24(26)16-20/h4-7,9-12,15,20,24,26,31H,2-3,8,13-14,16-17H2,1H3,(H,29,33). The number of fused-ring (bicyclic) bond motifs is 3. The third kappa shape index (κ3) is 5.14. The van der Waals surface area contributed by atoms with Crippen LogP contribution in [0.15, 0.2) is 60.2 Å². The summed E-state index contributed by atoms with van der Waals surface area (Å²) >= 11 is 0. The number of halogens is 1. The van der Waals surface area contributed by atoms with Crippen molar-refractivity contribution in [1.82, 2.24) is 10.2 Å². The van der Waals surface area contributed by atoms with Gasteiger partial charge in [0.2, 0.25) is 11.8 Å². The predicted octanol–water partition coefficient (Wildman–Crippen LogP) is 3.70. The molecule has 2 aromatic carbocycles. The van der Waals surface area contributed by atoms with Crippen LogP contribution in [0.4, 0.5) is 4.39 Å². The second-order valence-electron chi connectivity index (χ2n) is 8.83. The van der Waals surface area contributed by atoms with Gasteiger partial charge in [-0.05, 0) is 30.2 Å². The number of nitrogens with one attached hydrogen (secondary N) is 1. The Bertz CT molecular complexity index is 1050. The number of aliphatic hydroxyl groups excluding tert-OH is 1. The number of amides is 2. The van der Waals surface area contributed by atoms with Crippen molar-refractivity contribution in [2.75, 3.05) is 13.2 Å². The Balaban J connectivity index is 1.68. The fourth-order valence-electron chi connectivity index (χ4n) is 4.80. The number of aliphatic hydroxyl groups is 1. The molecule has 0 bridgehead atoms. The fourth-order valence-corrected chi connectivity index (χ4v) is 4.80. The first-order chi connectivity index (χ1) is 16.5. The minimum Gasteiger partial charge on any atom is -0.489 e. The van der Waals surface area contributed by atoms with Gasteiger partial charge in [0.1, 0.15) is 17.7 Å². The first-order valence-electron chi connectivity index (χ1n) is 11.9. The zero-order valence-electron chi connectivity index (χ0n) is 19.4. The monoisotopic (exact) mass is 466 g/mol. The maximum atomic E-state index is 13.5. The number of unbranched alkanes of at least 4 members (excludes halogenated alkanes) is 1. The van der Waals surface area contributed by atoms with Gasteiger partial charge in [0.05, 0.1) is 18.6 Å². The van der Waals surface area contributed by atoms with Crippen molar-refractivity contribution >= 4 is 11.8 Å². The molecular weight excluding hydrogens is 435 g/mol. The lowest BCUT2D eigenvalue weighted by Gasteiger charge is -2.37. The molecule has 1 heterocycles. The third-order valence-corrected chi connectivity index (χ3v) is 6.48. The van der Waals surface area contributed by atoms with E-state index in [-0.39, 0.29) is 48.8 Å². The molecule has 7 heteroatoms. The topological polar surface area (TPSA) is 78.9 Å². The molecule has 0 saturated carbocycles. The van der Waals surface area contributed by atoms with Gasteiger partial charge < -0.3 is 20.1 Å². The number of carbonyl (C=O) groups is 2. The maximum absolute atomic E-state index is 13.5. The lowest BCUT2D eigenvalue weighted by molar-refractivity contribution is -0.134. The van der Waals surface area contributed by atoms with E-state index in [1.54, 1.807) is 17.0 Å². The summed E-state index contributed by atoms with van der Waals surface area (Å²) in [4.78, 5) is 28.2. The highest BCUT2D eigenvalue weighted by Gasteiger charge is 2.44. The van der Waals surface area contributed by atoms with Crippen molar-refractivity contribution in [1.29, 1.82) is 0 Å². The zero-order chi connectivity index (χ0) is 24.1. The summed E-state index contributed by atoms with van der Waals surface area (Å²) < 4.78 is 19.7. The van der Waals surface area contributed by atoms with E-state index in [9.17, 15) is 19.1 Å². The highest BCUT2D eigenvalue weighted by atomic mass is 19.1. The molecule has 2 aliphatic rings. The quantitative estimate of drug-likeness (QED) is 0.591. The van der Waals surface area contributed by atoms with E-state index < -0.39 is 0 Å². The smallest absolute Gasteiger partial charge is 0.247 e. The molecule has 0 saturated heterocycles. The Labute approximate surface area is 199 Å². The van der Waals surface area contributed by atoms with Crippen LogP contribution in [0.25, 0.3) is 0 Å². The molecule has 0 radical (unpaired) electrons. The molecule has 180 valence electrons. The summed E-state index contributed by atoms with van der Waals surface area (Å²) in [6.45, 7) is 2.35. The maximum Gasteiger partial charge on any atom is 0.247 e. The highest BCUT2D eigenvalue weighted by molar-refractivity contribution is 5.96. The normalized spacial score (nSPS) is 20.6. The summed E-state index contributed by atoms with van der Waals surface area (Å²) in [7, 11) is 0. The van der Waals surface area contributed by atoms with Crippen LogP contribution in [-0.4, -0.2) is 47.1 Å². The van der Waals surface area contributed by atoms with Gasteiger partial charge in [0.25, 0.3) is 0 Å². The highest BCUT2D eigenvalue weighted by Crippen LogP contribution is 2.47. The van der Waals surface area contributed by atoms with Crippen LogP contribution in [0.3, 0.4) is 0 Å². The van der Waals surface area contributed by atoms with Gasteiger partial charge in [-0.15, -0.1) is 0 Å². The Morgan fingerprint density at radius 3 is 2.68 bits per heavy atom. The Morgan fingerprint density at radius 1 is 1.18 bits per heavy atom. The van der Waals surface area contributed by atoms with Gasteiger partial charge in [-0.1, -0.05) is 49.8 Å². The molecule has 2 aromatic rings. The van der Waals surface area contributed by atoms with Gasteiger partial charge in [0.15, 0.2) is 0 Å². The van der Waals surface area contributed by atoms with Crippen molar-refractivity contribution in [3.05, 3.63) is 77.1 Å². The van der Waals surface area contributed by atoms with Gasteiger partial charge >= 0.3 is 0 Å². The number of para-hydroxylation sites is 1. The van der Waals surface area contributed by atoms with Crippen LogP contribution in [0, 0.1) is 5.82 Å². The zero-order valence-corrected chi connectivity index (χ0v) is 19.4. The molecule has 3 atom stereocenters. The molecule has 0 aromatic heterocycles. The van der Waals surface area contributed by atoms with E-state index in [2.05, 4.69) is 5.32 Å². The molecule has 0 spiro atoms. The summed E-state index contributed by atoms with van der Waals surface area (Å²) in [6, 6.07) is 13.5. The molecule has 1 aliphatic carbocycles. The Kier molecular flexibility index (Phi) is 7.63. The Hall–Kier alpha value is -3.19. The second-order valence-corrected chi connectivity index (χ2v) is 8.83. The first kappa shape index (κ1) is 24.0. The molecule has 1 aliphatic heterocycles. The molecule has 34 heavy (non-hydrogen) atoms. The van der Waals surface area contributed by atoms with Crippen molar-refractivity contribution in [3.8, 4) is 5.75 Å². The number of benzene rings is 2. The van der Waals surface area contributed by atoms with Crippen molar-refractivity contribution in [3.63, 3.8) is 0 Å². The minimum absolute atomic E-state index is 0.00324. The van der Waals surface area contributed by atoms with Gasteiger partial charge in [-0.2, -0.15) is 0 Å². The Morgan fingerprint density at radius 2 is 1.94 bits per heavy atom. The number of carbonyl (C=O) groups excluding carboxylic acids is 2. The first-order valence-corrected chi connectivity index (χ1v) is 11.9. The summed E-state index contributed by atoms with van der Waals surface area (Å²) in [5, 5.41) is 12.0. The average molecular weight is 467 g/mol. The average Bonchev–Trinajstić information content (AvgIpc) is 3.23. The van der Waals surface area contributed by atoms with Crippen LogP contribution in [0.5, 0.6) is 5.75 Å². The van der Waals surface area contributed by atoms with Gasteiger partial charge in [-0.25, -0.2) is 4.39 Å². The van der Waals surface area contributed by atoms with E-state index in [0.29, 0.717) is 25.0 Å². The van der Waals surface area contributed by atoms with Crippen LogP contribution in [-0.2, 0) is 16.1 Å². The van der Waals surface area contributed by atoms with Crippen molar-refractivity contribution in [2.45, 2.75) is 57.2 Å². The van der Waals surface area contributed by atoms with E-state index in [1.807, 2.05) is 37.3 Å². The molecule has 3 unspecified atom stereocenters. The van der Waals surface area contributed by atoms with Crippen LogP contribution < -0.4 is 10.1 Å². The van der Waals surface area contributed by atoms with E-state index >= 15 is 0 Å². The van der Waals surface area contributed by atoms with Crippen LogP contribution >= 0.6 is 0 Å². The third-order valence-electron chi connectivity index (χ3n) is 6.48. The summed E-state index contributed by atoms with van der Waals surface area (Å²) in [5.41, 5.74) is 2.33. The van der Waals surface area contributed by atoms with Crippen molar-refractivity contribution < 1.29 is 23.8 Å². The number of nitrogens with zero attached hydrogens (tertiary/aromatic N) is 1. The van der Waals surface area contributed by atoms with Crippen LogP contribution in [0.2, 0.25) is 0 Å². The largest absolute Gasteiger partial charge is 0.489 e. The van der Waals surface area contributed by atoms with Crippen LogP contribution in [0.1, 0.15) is 49.7 Å². The second kappa shape index (κ2) is 10.8. The molecule has 2 N–H and O–H groups in total. The SMILES string of the molecule is CCCCC(=O)N(Cc1ccc(F)cc1)C1C=C(C(=O)NCCO)C2c3ccccc3OC2C1. The number of hydrogen-bond acceptors (Lipinski definition) is 4. The fraction of sp³-hybridized carbons (Fsp3) is 0.407. The van der Waals surface area contributed by atoms with Gasteiger partial charge in [-0.3, -0.25) is 9.59 Å². The van der Waals surface area contributed by atoms with Crippen molar-refractivity contribution in [2.24, 2.45) is 0 Å². The van der Waals surface area contributed by atoms with Gasteiger partial charge in [0, 0.05) is 37.1 Å². The molecule has 6 nitrogen and oxygen atoms in total. The molecular formula is C27H31FN2O4. The summed E-state index contributed by atoms with van der Waals surface area (Å²) in [6.07, 6.45) is 4.23. The predicted molar refractivity (Wildman–Crippen MR) is 127 cm³/mol.